The fourth-order valence-corrected chi connectivity index (χ4v) is 9.37. The van der Waals surface area contributed by atoms with Crippen LogP contribution in [0.5, 0.6) is 0 Å². The van der Waals surface area contributed by atoms with Crippen LogP contribution < -0.4 is 4.90 Å². The standard InChI is InChI=1S/C45H45N3/c1-30-23-24-41-39(26-30)43-38-20-13-14-31(2)44(38)48(42-22-11-12-25-46-42)40-21-10-9-19-37(40)45(43)47(41)36-28-34(32-15-5-3-6-16-32)27-35(29-36)33-17-7-4-8-18-33/h3-7,9-13,15-17,19-22,25,28,30-31,35-36H,8,14,18,23-24,26-27,29H2,1-2H3. The van der Waals surface area contributed by atoms with Crippen molar-refractivity contribution in [1.82, 2.24) is 9.55 Å². The van der Waals surface area contributed by atoms with E-state index in [2.05, 4.69) is 127 Å². The zero-order chi connectivity index (χ0) is 32.2. The van der Waals surface area contributed by atoms with Gasteiger partial charge in [-0.05, 0) is 98.1 Å². The van der Waals surface area contributed by atoms with Crippen molar-refractivity contribution in [2.75, 3.05) is 4.90 Å². The van der Waals surface area contributed by atoms with Crippen molar-refractivity contribution in [1.29, 1.82) is 0 Å². The van der Waals surface area contributed by atoms with E-state index >= 15 is 0 Å². The fraction of sp³-hybridized carbons (Fsp3) is 0.311. The van der Waals surface area contributed by atoms with E-state index in [9.17, 15) is 0 Å². The Bertz CT molecular complexity index is 2020. The summed E-state index contributed by atoms with van der Waals surface area (Å²) in [5.74, 6) is 2.58. The molecule has 0 fully saturated rings. The summed E-state index contributed by atoms with van der Waals surface area (Å²) >= 11 is 0. The van der Waals surface area contributed by atoms with E-state index in [0.29, 0.717) is 17.8 Å². The first kappa shape index (κ1) is 29.5. The summed E-state index contributed by atoms with van der Waals surface area (Å²) in [7, 11) is 0. The second kappa shape index (κ2) is 12.1. The molecular weight excluding hydrogens is 583 g/mol. The highest BCUT2D eigenvalue weighted by Gasteiger charge is 2.40. The minimum Gasteiger partial charge on any atom is -0.337 e. The Labute approximate surface area is 285 Å². The first-order chi connectivity index (χ1) is 23.7. The molecule has 4 aromatic rings. The minimum atomic E-state index is 0.278. The van der Waals surface area contributed by atoms with Crippen LogP contribution in [0.3, 0.4) is 0 Å². The van der Waals surface area contributed by atoms with Gasteiger partial charge in [-0.2, -0.15) is 0 Å². The summed E-state index contributed by atoms with van der Waals surface area (Å²) in [6, 6.07) is 27.0. The Morgan fingerprint density at radius 1 is 0.854 bits per heavy atom. The molecule has 4 aliphatic carbocycles. The molecule has 48 heavy (non-hydrogen) atoms. The number of hydrogen-bond acceptors (Lipinski definition) is 2. The fourth-order valence-electron chi connectivity index (χ4n) is 9.37. The minimum absolute atomic E-state index is 0.278. The Kier molecular flexibility index (Phi) is 7.45. The SMILES string of the molecule is CC1CCc2c(c3c(n2C2C=C(c4ccccc4)CC(C4=CC=CCC4)C2)-c2ccccc2N(c2ccccn2)C2=C3C=CCC2C)C1. The van der Waals surface area contributed by atoms with E-state index in [0.717, 1.165) is 44.3 Å². The van der Waals surface area contributed by atoms with Gasteiger partial charge in [-0.15, -0.1) is 0 Å². The zero-order valence-electron chi connectivity index (χ0n) is 28.3. The molecule has 2 aromatic carbocycles. The molecule has 0 saturated carbocycles. The van der Waals surface area contributed by atoms with Gasteiger partial charge < -0.3 is 4.57 Å². The highest BCUT2D eigenvalue weighted by molar-refractivity contribution is 5.99. The molecule has 1 aliphatic heterocycles. The molecule has 0 radical (unpaired) electrons. The molecule has 3 heteroatoms. The molecule has 240 valence electrons. The Balaban J connectivity index is 1.34. The first-order valence-corrected chi connectivity index (χ1v) is 18.2. The molecule has 5 aliphatic rings. The predicted molar refractivity (Wildman–Crippen MR) is 200 cm³/mol. The highest BCUT2D eigenvalue weighted by Crippen LogP contribution is 2.54. The Hall–Kier alpha value is -4.63. The lowest BCUT2D eigenvalue weighted by atomic mass is 9.77. The zero-order valence-corrected chi connectivity index (χ0v) is 28.3. The van der Waals surface area contributed by atoms with Crippen molar-refractivity contribution < 1.29 is 0 Å². The molecule has 3 heterocycles. The van der Waals surface area contributed by atoms with Crippen LogP contribution in [0.4, 0.5) is 11.5 Å². The van der Waals surface area contributed by atoms with Crippen LogP contribution in [-0.4, -0.2) is 9.55 Å². The highest BCUT2D eigenvalue weighted by atomic mass is 15.2. The number of pyridine rings is 1. The van der Waals surface area contributed by atoms with Gasteiger partial charge >= 0.3 is 0 Å². The first-order valence-electron chi connectivity index (χ1n) is 18.2. The smallest absolute Gasteiger partial charge is 0.137 e. The Morgan fingerprint density at radius 3 is 2.54 bits per heavy atom. The molecule has 0 saturated heterocycles. The van der Waals surface area contributed by atoms with Gasteiger partial charge in [0, 0.05) is 40.2 Å². The number of fused-ring (bicyclic) bond motifs is 6. The van der Waals surface area contributed by atoms with Crippen LogP contribution in [0.15, 0.2) is 127 Å². The number of anilines is 2. The van der Waals surface area contributed by atoms with E-state index in [1.165, 1.54) is 57.8 Å². The van der Waals surface area contributed by atoms with Crippen molar-refractivity contribution in [2.24, 2.45) is 17.8 Å². The number of aromatic nitrogens is 2. The van der Waals surface area contributed by atoms with Crippen LogP contribution in [0.25, 0.3) is 22.4 Å². The van der Waals surface area contributed by atoms with Crippen molar-refractivity contribution in [3.8, 4) is 11.3 Å². The monoisotopic (exact) mass is 627 g/mol. The van der Waals surface area contributed by atoms with E-state index in [1.54, 1.807) is 16.8 Å². The van der Waals surface area contributed by atoms with Crippen molar-refractivity contribution in [2.45, 2.75) is 71.3 Å². The van der Waals surface area contributed by atoms with Crippen LogP contribution in [0.2, 0.25) is 0 Å². The Morgan fingerprint density at radius 2 is 1.71 bits per heavy atom. The number of benzene rings is 2. The number of para-hydroxylation sites is 1. The maximum Gasteiger partial charge on any atom is 0.137 e. The molecule has 0 spiro atoms. The summed E-state index contributed by atoms with van der Waals surface area (Å²) in [6.07, 6.45) is 25.7. The maximum absolute atomic E-state index is 4.97. The van der Waals surface area contributed by atoms with Gasteiger partial charge in [0.25, 0.3) is 0 Å². The summed E-state index contributed by atoms with van der Waals surface area (Å²) in [5.41, 5.74) is 15.9. The van der Waals surface area contributed by atoms with Gasteiger partial charge in [0.05, 0.1) is 17.4 Å². The summed E-state index contributed by atoms with van der Waals surface area (Å²) in [5, 5.41) is 0. The molecule has 0 N–H and O–H groups in total. The number of hydrogen-bond donors (Lipinski definition) is 0. The molecule has 3 nitrogen and oxygen atoms in total. The summed E-state index contributed by atoms with van der Waals surface area (Å²) in [4.78, 5) is 7.47. The van der Waals surface area contributed by atoms with Crippen LogP contribution in [-0.2, 0) is 12.8 Å². The lowest BCUT2D eigenvalue weighted by molar-refractivity contribution is 0.414. The second-order valence-corrected chi connectivity index (χ2v) is 14.7. The normalized spacial score (nSPS) is 24.6. The third-order valence-corrected chi connectivity index (χ3v) is 11.6. The van der Waals surface area contributed by atoms with E-state index < -0.39 is 0 Å². The van der Waals surface area contributed by atoms with E-state index in [-0.39, 0.29) is 6.04 Å². The van der Waals surface area contributed by atoms with E-state index in [4.69, 9.17) is 4.98 Å². The molecular formula is C45H45N3. The molecule has 2 aromatic heterocycles. The molecule has 4 atom stereocenters. The largest absolute Gasteiger partial charge is 0.337 e. The third kappa shape index (κ3) is 4.89. The number of allylic oxidation sites excluding steroid dienone is 10. The van der Waals surface area contributed by atoms with Crippen LogP contribution in [0, 0.1) is 17.8 Å². The molecule has 0 amide bonds. The summed E-state index contributed by atoms with van der Waals surface area (Å²) in [6.45, 7) is 4.86. The van der Waals surface area contributed by atoms with Crippen molar-refractivity contribution in [3.05, 3.63) is 149 Å². The van der Waals surface area contributed by atoms with Gasteiger partial charge in [-0.3, -0.25) is 4.90 Å². The number of nitrogens with zero attached hydrogens (tertiary/aromatic N) is 3. The van der Waals surface area contributed by atoms with Crippen molar-refractivity contribution in [3.63, 3.8) is 0 Å². The summed E-state index contributed by atoms with van der Waals surface area (Å²) < 4.78 is 2.85. The van der Waals surface area contributed by atoms with Crippen molar-refractivity contribution >= 4 is 22.7 Å². The average Bonchev–Trinajstić information content (AvgIpc) is 3.40. The quantitative estimate of drug-likeness (QED) is 0.224. The topological polar surface area (TPSA) is 21.1 Å². The second-order valence-electron chi connectivity index (χ2n) is 14.7. The third-order valence-electron chi connectivity index (χ3n) is 11.6. The maximum atomic E-state index is 4.97. The van der Waals surface area contributed by atoms with Gasteiger partial charge in [0.1, 0.15) is 5.82 Å². The molecule has 4 unspecified atom stereocenters. The van der Waals surface area contributed by atoms with Crippen LogP contribution in [0.1, 0.15) is 80.8 Å². The number of rotatable bonds is 4. The van der Waals surface area contributed by atoms with E-state index in [1.807, 2.05) is 12.3 Å². The molecule has 9 rings (SSSR count). The lowest BCUT2D eigenvalue weighted by Gasteiger charge is -2.35. The van der Waals surface area contributed by atoms with Gasteiger partial charge in [-0.25, -0.2) is 4.98 Å². The molecule has 0 bridgehead atoms. The van der Waals surface area contributed by atoms with Gasteiger partial charge in [-0.1, -0.05) is 110 Å². The average molecular weight is 628 g/mol. The lowest BCUT2D eigenvalue weighted by Crippen LogP contribution is -2.25. The van der Waals surface area contributed by atoms with Gasteiger partial charge in [0.15, 0.2) is 0 Å². The predicted octanol–water partition coefficient (Wildman–Crippen LogP) is 11.4. The van der Waals surface area contributed by atoms with Gasteiger partial charge in [0.2, 0.25) is 0 Å². The van der Waals surface area contributed by atoms with Crippen LogP contribution >= 0.6 is 0 Å².